The van der Waals surface area contributed by atoms with E-state index in [1.807, 2.05) is 0 Å². The van der Waals surface area contributed by atoms with Crippen molar-refractivity contribution >= 4 is 23.5 Å². The second kappa shape index (κ2) is 15.9. The van der Waals surface area contributed by atoms with Crippen LogP contribution in [0.4, 0.5) is 26.3 Å². The fraction of sp³-hybridized carbons (Fsp3) is 0.300. The highest BCUT2D eigenvalue weighted by Gasteiger charge is 2.21. The van der Waals surface area contributed by atoms with Gasteiger partial charge in [0.15, 0.2) is 0 Å². The number of carbonyl (C=O) groups is 2. The molecular weight excluding hydrogens is 538 g/mol. The normalized spacial score (nSPS) is 10.4. The summed E-state index contributed by atoms with van der Waals surface area (Å²) in [6.45, 7) is 1.71. The molecule has 3 aromatic rings. The Balaban J connectivity index is 0.000000280. The quantitative estimate of drug-likeness (QED) is 0.244. The van der Waals surface area contributed by atoms with Gasteiger partial charge >= 0.3 is 11.9 Å². The summed E-state index contributed by atoms with van der Waals surface area (Å²) in [6, 6.07) is 0. The highest BCUT2D eigenvalue weighted by atomic mass is 35.5. The molecule has 0 aliphatic carbocycles. The van der Waals surface area contributed by atoms with E-state index in [2.05, 4.69) is 34.6 Å². The van der Waals surface area contributed by atoms with E-state index in [-0.39, 0.29) is 29.3 Å². The van der Waals surface area contributed by atoms with E-state index in [1.165, 1.54) is 6.20 Å². The van der Waals surface area contributed by atoms with E-state index in [9.17, 15) is 35.9 Å². The Bertz CT molecular complexity index is 1160. The first kappa shape index (κ1) is 31.1. The molecule has 10 nitrogen and oxygen atoms in total. The number of aromatic carboxylic acids is 1. The number of rotatable bonds is 7. The van der Waals surface area contributed by atoms with Gasteiger partial charge in [0.05, 0.1) is 12.5 Å². The number of carboxylic acid groups (broad SMARTS) is 1. The summed E-state index contributed by atoms with van der Waals surface area (Å²) in [7, 11) is 0. The molecule has 3 heterocycles. The van der Waals surface area contributed by atoms with Gasteiger partial charge in [0, 0.05) is 24.2 Å². The van der Waals surface area contributed by atoms with Crippen molar-refractivity contribution in [2.24, 2.45) is 0 Å². The summed E-state index contributed by atoms with van der Waals surface area (Å²) in [5.74, 6) is -2.27. The smallest absolute Gasteiger partial charge is 0.341 e. The van der Waals surface area contributed by atoms with Gasteiger partial charge in [-0.2, -0.15) is 0 Å². The zero-order chi connectivity index (χ0) is 28.0. The molecule has 0 aliphatic heterocycles. The first-order chi connectivity index (χ1) is 17.5. The van der Waals surface area contributed by atoms with Gasteiger partial charge in [-0.25, -0.2) is 65.8 Å². The first-order valence-electron chi connectivity index (χ1n) is 9.74. The minimum absolute atomic E-state index is 0.0144. The molecule has 200 valence electrons. The molecular formula is C20H17ClF6N6O4. The van der Waals surface area contributed by atoms with Gasteiger partial charge in [-0.3, -0.25) is 0 Å². The van der Waals surface area contributed by atoms with Gasteiger partial charge in [-0.15, -0.1) is 11.6 Å². The number of hydrogen-bond donors (Lipinski definition) is 1. The molecule has 0 spiro atoms. The zero-order valence-electron chi connectivity index (χ0n) is 18.6. The molecule has 0 saturated carbocycles. The van der Waals surface area contributed by atoms with E-state index in [0.717, 1.165) is 31.4 Å². The molecule has 0 atom stereocenters. The van der Waals surface area contributed by atoms with E-state index < -0.39 is 48.2 Å². The second-order valence-electron chi connectivity index (χ2n) is 6.14. The fourth-order valence-corrected chi connectivity index (χ4v) is 2.43. The molecule has 0 saturated heterocycles. The predicted molar refractivity (Wildman–Crippen MR) is 113 cm³/mol. The highest BCUT2D eigenvalue weighted by molar-refractivity contribution is 6.17. The lowest BCUT2D eigenvalue weighted by Gasteiger charge is -2.05. The Hall–Kier alpha value is -3.95. The second-order valence-corrected chi connectivity index (χ2v) is 6.41. The first-order valence-corrected chi connectivity index (χ1v) is 10.3. The van der Waals surface area contributed by atoms with E-state index in [4.69, 9.17) is 16.7 Å². The van der Waals surface area contributed by atoms with Crippen LogP contribution in [0, 0.1) is 0 Å². The molecule has 0 aromatic carbocycles. The van der Waals surface area contributed by atoms with Crippen molar-refractivity contribution in [3.8, 4) is 0 Å². The van der Waals surface area contributed by atoms with Crippen molar-refractivity contribution in [2.45, 2.75) is 32.1 Å². The summed E-state index contributed by atoms with van der Waals surface area (Å²) in [4.78, 5) is 41.7. The van der Waals surface area contributed by atoms with Crippen LogP contribution in [-0.4, -0.2) is 53.6 Å². The maximum absolute atomic E-state index is 12.3. The summed E-state index contributed by atoms with van der Waals surface area (Å²) >= 11 is 5.36. The number of aromatic nitrogens is 6. The van der Waals surface area contributed by atoms with Crippen molar-refractivity contribution in [3.05, 3.63) is 71.3 Å². The number of carboxylic acids is 1. The van der Waals surface area contributed by atoms with Crippen LogP contribution < -0.4 is 0 Å². The summed E-state index contributed by atoms with van der Waals surface area (Å²) in [5, 5.41) is 8.40. The third kappa shape index (κ3) is 9.91. The Morgan fingerprint density at radius 2 is 1.24 bits per heavy atom. The van der Waals surface area contributed by atoms with Crippen LogP contribution in [0.1, 0.15) is 69.6 Å². The Morgan fingerprint density at radius 1 is 0.811 bits per heavy atom. The van der Waals surface area contributed by atoms with Gasteiger partial charge < -0.3 is 9.84 Å². The van der Waals surface area contributed by atoms with Crippen molar-refractivity contribution in [3.63, 3.8) is 0 Å². The van der Waals surface area contributed by atoms with Crippen LogP contribution in [0.5, 0.6) is 0 Å². The molecule has 0 radical (unpaired) electrons. The molecule has 1 N–H and O–H groups in total. The molecule has 0 bridgehead atoms. The molecule has 3 rings (SSSR count). The van der Waals surface area contributed by atoms with Crippen LogP contribution >= 0.6 is 11.6 Å². The fourth-order valence-electron chi connectivity index (χ4n) is 2.22. The SMILES string of the molecule is CCOC(=O)c1cncnc1C(F)F.FC(F)c1ncncc1CCl.O=C(O)c1cncnc1C(F)F. The number of carbonyl (C=O) groups excluding carboxylic acids is 1. The van der Waals surface area contributed by atoms with Crippen LogP contribution in [0.3, 0.4) is 0 Å². The van der Waals surface area contributed by atoms with Gasteiger partial charge in [-0.05, 0) is 6.92 Å². The van der Waals surface area contributed by atoms with Gasteiger partial charge in [0.25, 0.3) is 19.3 Å². The number of alkyl halides is 7. The average Bonchev–Trinajstić information content (AvgIpc) is 2.89. The predicted octanol–water partition coefficient (Wildman–Crippen LogP) is 4.86. The molecule has 0 fully saturated rings. The van der Waals surface area contributed by atoms with Crippen LogP contribution in [0.15, 0.2) is 37.6 Å². The van der Waals surface area contributed by atoms with Crippen molar-refractivity contribution in [1.82, 2.24) is 29.9 Å². The van der Waals surface area contributed by atoms with Crippen molar-refractivity contribution < 1.29 is 45.8 Å². The number of hydrogen-bond acceptors (Lipinski definition) is 9. The minimum Gasteiger partial charge on any atom is -0.478 e. The summed E-state index contributed by atoms with van der Waals surface area (Å²) in [5.41, 5.74) is -2.20. The van der Waals surface area contributed by atoms with Gasteiger partial charge in [0.2, 0.25) is 0 Å². The van der Waals surface area contributed by atoms with E-state index in [1.54, 1.807) is 6.92 Å². The van der Waals surface area contributed by atoms with Crippen LogP contribution in [-0.2, 0) is 10.6 Å². The van der Waals surface area contributed by atoms with Gasteiger partial charge in [0.1, 0.15) is 47.2 Å². The Kier molecular flexibility index (Phi) is 13.4. The average molecular weight is 555 g/mol. The Morgan fingerprint density at radius 3 is 1.62 bits per heavy atom. The standard InChI is InChI=1S/C8H8F2N2O2.C6H5ClF2N2.C6H4F2N2O2/c1-2-14-8(13)5-3-11-4-12-6(5)7(9)10;7-1-4-2-10-3-11-5(4)6(8)9;7-5(8)4-3(6(11)12)1-9-2-10-4/h3-4,7H,2H2,1H3;2-3,6H,1H2;1-2,5H,(H,11,12). The number of ether oxygens (including phenoxy) is 1. The van der Waals surface area contributed by atoms with Crippen LogP contribution in [0.25, 0.3) is 0 Å². The maximum atomic E-state index is 12.3. The molecule has 0 amide bonds. The number of esters is 1. The largest absolute Gasteiger partial charge is 0.478 e. The molecule has 0 unspecified atom stereocenters. The minimum atomic E-state index is -2.89. The molecule has 17 heteroatoms. The monoisotopic (exact) mass is 554 g/mol. The lowest BCUT2D eigenvalue weighted by Crippen LogP contribution is -2.10. The third-order valence-corrected chi connectivity index (χ3v) is 4.09. The lowest BCUT2D eigenvalue weighted by molar-refractivity contribution is 0.0512. The van der Waals surface area contributed by atoms with Crippen molar-refractivity contribution in [1.29, 1.82) is 0 Å². The van der Waals surface area contributed by atoms with E-state index >= 15 is 0 Å². The lowest BCUT2D eigenvalue weighted by atomic mass is 10.2. The summed E-state index contributed by atoms with van der Waals surface area (Å²) < 4.78 is 77.4. The number of halogens is 7. The van der Waals surface area contributed by atoms with Gasteiger partial charge in [-0.1, -0.05) is 0 Å². The molecule has 3 aromatic heterocycles. The highest BCUT2D eigenvalue weighted by Crippen LogP contribution is 2.21. The van der Waals surface area contributed by atoms with E-state index in [0.29, 0.717) is 0 Å². The molecule has 37 heavy (non-hydrogen) atoms. The zero-order valence-corrected chi connectivity index (χ0v) is 19.4. The Labute approximate surface area is 209 Å². The summed E-state index contributed by atoms with van der Waals surface area (Å²) in [6.07, 6.45) is -2.19. The molecule has 0 aliphatic rings. The number of nitrogens with zero attached hydrogens (tertiary/aromatic N) is 6. The maximum Gasteiger partial charge on any atom is 0.341 e. The van der Waals surface area contributed by atoms with Crippen LogP contribution in [0.2, 0.25) is 0 Å². The third-order valence-electron chi connectivity index (χ3n) is 3.80. The topological polar surface area (TPSA) is 141 Å². The van der Waals surface area contributed by atoms with Crippen molar-refractivity contribution in [2.75, 3.05) is 6.61 Å².